The molecule has 0 radical (unpaired) electrons. The second-order valence-corrected chi connectivity index (χ2v) is 4.80. The van der Waals surface area contributed by atoms with Crippen LogP contribution in [-0.2, 0) is 4.74 Å². The summed E-state index contributed by atoms with van der Waals surface area (Å²) in [4.78, 5) is 2.44. The lowest BCUT2D eigenvalue weighted by Crippen LogP contribution is -2.44. The summed E-state index contributed by atoms with van der Waals surface area (Å²) in [5.74, 6) is 0. The van der Waals surface area contributed by atoms with Crippen LogP contribution in [0.5, 0.6) is 0 Å². The highest BCUT2D eigenvalue weighted by Crippen LogP contribution is 2.36. The molecule has 0 aromatic heterocycles. The minimum absolute atomic E-state index is 0.538. The summed E-state index contributed by atoms with van der Waals surface area (Å²) in [6, 6.07) is 0. The molecule has 1 heterocycles. The number of hydrogen-bond acceptors (Lipinski definition) is 2. The predicted molar refractivity (Wildman–Crippen MR) is 60.6 cm³/mol. The predicted octanol–water partition coefficient (Wildman–Crippen LogP) is 2.54. The van der Waals surface area contributed by atoms with E-state index in [9.17, 15) is 0 Å². The van der Waals surface area contributed by atoms with Gasteiger partial charge in [-0.2, -0.15) is 0 Å². The third-order valence-electron chi connectivity index (χ3n) is 3.23. The molecule has 0 N–H and O–H groups in total. The number of nitrogens with zero attached hydrogens (tertiary/aromatic N) is 1. The Morgan fingerprint density at radius 3 is 2.21 bits per heavy atom. The van der Waals surface area contributed by atoms with Crippen LogP contribution in [-0.4, -0.2) is 38.3 Å². The van der Waals surface area contributed by atoms with E-state index in [2.05, 4.69) is 25.8 Å². The summed E-state index contributed by atoms with van der Waals surface area (Å²) in [5.41, 5.74) is 0.538. The molecule has 14 heavy (non-hydrogen) atoms. The molecule has 0 unspecified atom stereocenters. The number of rotatable bonds is 7. The van der Waals surface area contributed by atoms with Crippen molar-refractivity contribution in [1.82, 2.24) is 4.90 Å². The van der Waals surface area contributed by atoms with Crippen LogP contribution in [0.1, 0.15) is 39.5 Å². The van der Waals surface area contributed by atoms with Crippen molar-refractivity contribution in [2.24, 2.45) is 5.41 Å². The van der Waals surface area contributed by atoms with Crippen LogP contribution in [0.2, 0.25) is 0 Å². The summed E-state index contributed by atoms with van der Waals surface area (Å²) < 4.78 is 5.36. The molecule has 0 spiro atoms. The lowest BCUT2D eigenvalue weighted by molar-refractivity contribution is -0.124. The summed E-state index contributed by atoms with van der Waals surface area (Å²) in [6.45, 7) is 8.97. The SMILES string of the molecule is CCCN(C)CCC1(CCC)COC1. The Hall–Kier alpha value is -0.0800. The van der Waals surface area contributed by atoms with Crippen molar-refractivity contribution in [3.05, 3.63) is 0 Å². The van der Waals surface area contributed by atoms with Crippen molar-refractivity contribution in [1.29, 1.82) is 0 Å². The van der Waals surface area contributed by atoms with Crippen LogP contribution in [0.25, 0.3) is 0 Å². The molecule has 1 aliphatic rings. The van der Waals surface area contributed by atoms with Gasteiger partial charge in [0.15, 0.2) is 0 Å². The first-order chi connectivity index (χ1) is 6.72. The molecule has 84 valence electrons. The van der Waals surface area contributed by atoms with Crippen molar-refractivity contribution in [3.63, 3.8) is 0 Å². The fourth-order valence-corrected chi connectivity index (χ4v) is 2.26. The van der Waals surface area contributed by atoms with Crippen LogP contribution in [0.4, 0.5) is 0 Å². The monoisotopic (exact) mass is 199 g/mol. The van der Waals surface area contributed by atoms with Gasteiger partial charge in [-0.25, -0.2) is 0 Å². The lowest BCUT2D eigenvalue weighted by Gasteiger charge is -2.42. The summed E-state index contributed by atoms with van der Waals surface area (Å²) >= 11 is 0. The first-order valence-electron chi connectivity index (χ1n) is 5.99. The molecule has 0 aliphatic carbocycles. The molecule has 0 aromatic carbocycles. The van der Waals surface area contributed by atoms with Crippen molar-refractivity contribution < 1.29 is 4.74 Å². The summed E-state index contributed by atoms with van der Waals surface area (Å²) in [7, 11) is 2.22. The fourth-order valence-electron chi connectivity index (χ4n) is 2.26. The Morgan fingerprint density at radius 2 is 1.79 bits per heavy atom. The van der Waals surface area contributed by atoms with Gasteiger partial charge in [0.1, 0.15) is 0 Å². The molecule has 0 atom stereocenters. The molecule has 2 heteroatoms. The van der Waals surface area contributed by atoms with Crippen LogP contribution >= 0.6 is 0 Å². The Kier molecular flexibility index (Phi) is 4.90. The Bertz CT molecular complexity index is 154. The van der Waals surface area contributed by atoms with Gasteiger partial charge in [0.25, 0.3) is 0 Å². The number of hydrogen-bond donors (Lipinski definition) is 0. The van der Waals surface area contributed by atoms with Gasteiger partial charge in [-0.3, -0.25) is 0 Å². The highest BCUT2D eigenvalue weighted by molar-refractivity contribution is 4.85. The molecular formula is C12H25NO. The zero-order valence-corrected chi connectivity index (χ0v) is 10.0. The molecular weight excluding hydrogens is 174 g/mol. The van der Waals surface area contributed by atoms with Gasteiger partial charge in [-0.15, -0.1) is 0 Å². The van der Waals surface area contributed by atoms with Gasteiger partial charge in [0, 0.05) is 5.41 Å². The van der Waals surface area contributed by atoms with E-state index in [4.69, 9.17) is 4.74 Å². The zero-order chi connectivity index (χ0) is 10.4. The fraction of sp³-hybridized carbons (Fsp3) is 1.00. The normalized spacial score (nSPS) is 19.7. The van der Waals surface area contributed by atoms with Crippen LogP contribution in [0.3, 0.4) is 0 Å². The van der Waals surface area contributed by atoms with E-state index in [1.54, 1.807) is 0 Å². The minimum atomic E-state index is 0.538. The van der Waals surface area contributed by atoms with Gasteiger partial charge in [-0.05, 0) is 39.4 Å². The molecule has 0 amide bonds. The highest BCUT2D eigenvalue weighted by atomic mass is 16.5. The average Bonchev–Trinajstić information content (AvgIpc) is 2.10. The van der Waals surface area contributed by atoms with Crippen LogP contribution in [0, 0.1) is 5.41 Å². The zero-order valence-electron chi connectivity index (χ0n) is 10.0. The Balaban J connectivity index is 2.20. The summed E-state index contributed by atoms with van der Waals surface area (Å²) in [5, 5.41) is 0. The van der Waals surface area contributed by atoms with E-state index in [1.165, 1.54) is 38.8 Å². The maximum absolute atomic E-state index is 5.36. The first kappa shape index (κ1) is 12.0. The molecule has 1 rings (SSSR count). The summed E-state index contributed by atoms with van der Waals surface area (Å²) in [6.07, 6.45) is 5.21. The molecule has 1 saturated heterocycles. The molecule has 1 aliphatic heterocycles. The standard InChI is InChI=1S/C12H25NO/c1-4-6-12(10-14-11-12)7-9-13(3)8-5-2/h4-11H2,1-3H3. The average molecular weight is 199 g/mol. The third kappa shape index (κ3) is 3.25. The van der Waals surface area contributed by atoms with Crippen LogP contribution in [0.15, 0.2) is 0 Å². The third-order valence-corrected chi connectivity index (χ3v) is 3.23. The maximum Gasteiger partial charge on any atom is 0.0545 e. The van der Waals surface area contributed by atoms with E-state index in [0.717, 1.165) is 13.2 Å². The van der Waals surface area contributed by atoms with E-state index >= 15 is 0 Å². The molecule has 1 fully saturated rings. The maximum atomic E-state index is 5.36. The second kappa shape index (κ2) is 5.72. The van der Waals surface area contributed by atoms with E-state index in [1.807, 2.05) is 0 Å². The topological polar surface area (TPSA) is 12.5 Å². The van der Waals surface area contributed by atoms with Gasteiger partial charge in [0.05, 0.1) is 13.2 Å². The van der Waals surface area contributed by atoms with Crippen molar-refractivity contribution in [2.75, 3.05) is 33.4 Å². The molecule has 0 bridgehead atoms. The van der Waals surface area contributed by atoms with E-state index < -0.39 is 0 Å². The van der Waals surface area contributed by atoms with Gasteiger partial charge in [-0.1, -0.05) is 20.3 Å². The van der Waals surface area contributed by atoms with E-state index in [0.29, 0.717) is 5.41 Å². The first-order valence-corrected chi connectivity index (χ1v) is 5.99. The molecule has 0 saturated carbocycles. The second-order valence-electron chi connectivity index (χ2n) is 4.80. The van der Waals surface area contributed by atoms with Crippen molar-refractivity contribution in [3.8, 4) is 0 Å². The largest absolute Gasteiger partial charge is 0.380 e. The quantitative estimate of drug-likeness (QED) is 0.625. The van der Waals surface area contributed by atoms with Crippen molar-refractivity contribution >= 4 is 0 Å². The number of ether oxygens (including phenoxy) is 1. The smallest absolute Gasteiger partial charge is 0.0545 e. The molecule has 2 nitrogen and oxygen atoms in total. The minimum Gasteiger partial charge on any atom is -0.380 e. The highest BCUT2D eigenvalue weighted by Gasteiger charge is 2.37. The van der Waals surface area contributed by atoms with Gasteiger partial charge >= 0.3 is 0 Å². The van der Waals surface area contributed by atoms with Gasteiger partial charge in [0.2, 0.25) is 0 Å². The Morgan fingerprint density at radius 1 is 1.07 bits per heavy atom. The van der Waals surface area contributed by atoms with E-state index in [-0.39, 0.29) is 0 Å². The van der Waals surface area contributed by atoms with Crippen molar-refractivity contribution in [2.45, 2.75) is 39.5 Å². The van der Waals surface area contributed by atoms with Crippen LogP contribution < -0.4 is 0 Å². The Labute approximate surface area is 88.6 Å². The van der Waals surface area contributed by atoms with Gasteiger partial charge < -0.3 is 9.64 Å². The lowest BCUT2D eigenvalue weighted by atomic mass is 9.78. The molecule has 0 aromatic rings.